The number of primary amides is 1. The van der Waals surface area contributed by atoms with Crippen molar-refractivity contribution < 1.29 is 19.4 Å². The summed E-state index contributed by atoms with van der Waals surface area (Å²) in [6.07, 6.45) is -1.62. The lowest BCUT2D eigenvalue weighted by molar-refractivity contribution is -0.126. The maximum absolute atomic E-state index is 11.5. The van der Waals surface area contributed by atoms with Crippen LogP contribution < -0.4 is 15.8 Å². The first-order valence-electron chi connectivity index (χ1n) is 5.87. The van der Waals surface area contributed by atoms with Gasteiger partial charge in [-0.25, -0.2) is 4.79 Å². The number of ether oxygens (including phenoxy) is 1. The lowest BCUT2D eigenvalue weighted by Crippen LogP contribution is -2.42. The topological polar surface area (TPSA) is 102 Å². The molecule has 6 heteroatoms. The van der Waals surface area contributed by atoms with E-state index in [-0.39, 0.29) is 0 Å². The fourth-order valence-corrected chi connectivity index (χ4v) is 1.56. The highest BCUT2D eigenvalue weighted by atomic mass is 16.5. The molecule has 0 aromatic heterocycles. The van der Waals surface area contributed by atoms with Gasteiger partial charge < -0.3 is 15.6 Å². The Morgan fingerprint density at radius 2 is 2.00 bits per heavy atom. The van der Waals surface area contributed by atoms with Gasteiger partial charge in [-0.2, -0.15) is 0 Å². The van der Waals surface area contributed by atoms with Gasteiger partial charge in [0.25, 0.3) is 5.91 Å². The van der Waals surface area contributed by atoms with E-state index in [4.69, 9.17) is 10.5 Å². The van der Waals surface area contributed by atoms with Crippen LogP contribution in [-0.4, -0.2) is 23.1 Å². The summed E-state index contributed by atoms with van der Waals surface area (Å²) in [7, 11) is 0. The number of aliphatic hydroxyl groups is 1. The molecule has 1 aromatic rings. The molecule has 0 spiro atoms. The van der Waals surface area contributed by atoms with Crippen molar-refractivity contribution in [2.45, 2.75) is 33.0 Å². The first-order valence-corrected chi connectivity index (χ1v) is 5.87. The smallest absolute Gasteiger partial charge is 0.318 e. The average Bonchev–Trinajstić information content (AvgIpc) is 2.27. The third kappa shape index (κ3) is 4.26. The Morgan fingerprint density at radius 3 is 2.53 bits per heavy atom. The van der Waals surface area contributed by atoms with Crippen molar-refractivity contribution in [2.75, 3.05) is 0 Å². The van der Waals surface area contributed by atoms with Crippen LogP contribution in [0.1, 0.15) is 31.1 Å². The highest BCUT2D eigenvalue weighted by Gasteiger charge is 2.19. The summed E-state index contributed by atoms with van der Waals surface area (Å²) in [4.78, 5) is 22.1. The van der Waals surface area contributed by atoms with E-state index in [0.29, 0.717) is 11.3 Å². The molecule has 0 saturated heterocycles. The van der Waals surface area contributed by atoms with Gasteiger partial charge in [0.15, 0.2) is 6.10 Å². The van der Waals surface area contributed by atoms with Gasteiger partial charge in [0.2, 0.25) is 0 Å². The molecule has 6 nitrogen and oxygen atoms in total. The third-order valence-corrected chi connectivity index (χ3v) is 2.54. The van der Waals surface area contributed by atoms with Crippen molar-refractivity contribution in [1.82, 2.24) is 5.32 Å². The molecular weight excluding hydrogens is 248 g/mol. The molecule has 19 heavy (non-hydrogen) atoms. The van der Waals surface area contributed by atoms with E-state index in [1.54, 1.807) is 19.1 Å². The number of rotatable bonds is 4. The van der Waals surface area contributed by atoms with E-state index >= 15 is 0 Å². The number of urea groups is 1. The molecular formula is C13H18N2O4. The van der Waals surface area contributed by atoms with Gasteiger partial charge in [0.05, 0.1) is 6.10 Å². The van der Waals surface area contributed by atoms with Crippen LogP contribution >= 0.6 is 0 Å². The van der Waals surface area contributed by atoms with Crippen LogP contribution in [0.25, 0.3) is 0 Å². The molecule has 0 fully saturated rings. The SMILES string of the molecule is Cc1ccc([C@@H](C)O)c(OC(C)C(=O)NC(N)=O)c1. The number of amides is 3. The van der Waals surface area contributed by atoms with Crippen LogP contribution in [0.3, 0.4) is 0 Å². The number of hydrogen-bond donors (Lipinski definition) is 3. The Balaban J connectivity index is 2.89. The zero-order valence-electron chi connectivity index (χ0n) is 11.1. The lowest BCUT2D eigenvalue weighted by atomic mass is 10.1. The molecule has 0 radical (unpaired) electrons. The second kappa shape index (κ2) is 6.19. The largest absolute Gasteiger partial charge is 0.480 e. The number of benzene rings is 1. The fourth-order valence-electron chi connectivity index (χ4n) is 1.56. The van der Waals surface area contributed by atoms with Gasteiger partial charge in [-0.1, -0.05) is 12.1 Å². The van der Waals surface area contributed by atoms with Gasteiger partial charge in [-0.15, -0.1) is 0 Å². The van der Waals surface area contributed by atoms with E-state index in [9.17, 15) is 14.7 Å². The molecule has 2 atom stereocenters. The summed E-state index contributed by atoms with van der Waals surface area (Å²) in [5, 5.41) is 11.6. The van der Waals surface area contributed by atoms with Gasteiger partial charge in [0, 0.05) is 5.56 Å². The van der Waals surface area contributed by atoms with Crippen molar-refractivity contribution in [2.24, 2.45) is 5.73 Å². The van der Waals surface area contributed by atoms with E-state index in [0.717, 1.165) is 5.56 Å². The standard InChI is InChI=1S/C13H18N2O4/c1-7-4-5-10(8(2)16)11(6-7)19-9(3)12(17)15-13(14)18/h4-6,8-9,16H,1-3H3,(H3,14,15,17,18)/t8-,9?/m1/s1. The van der Waals surface area contributed by atoms with Crippen molar-refractivity contribution >= 4 is 11.9 Å². The Kier molecular flexibility index (Phi) is 4.88. The second-order valence-electron chi connectivity index (χ2n) is 4.33. The van der Waals surface area contributed by atoms with E-state index in [1.807, 2.05) is 18.3 Å². The number of nitrogens with one attached hydrogen (secondary N) is 1. The van der Waals surface area contributed by atoms with Gasteiger partial charge >= 0.3 is 6.03 Å². The van der Waals surface area contributed by atoms with E-state index in [1.165, 1.54) is 6.92 Å². The van der Waals surface area contributed by atoms with Crippen molar-refractivity contribution in [3.8, 4) is 5.75 Å². The normalized spacial score (nSPS) is 13.5. The summed E-state index contributed by atoms with van der Waals surface area (Å²) >= 11 is 0. The average molecular weight is 266 g/mol. The van der Waals surface area contributed by atoms with Crippen LogP contribution in [0.15, 0.2) is 18.2 Å². The number of aryl methyl sites for hydroxylation is 1. The molecule has 0 saturated carbocycles. The van der Waals surface area contributed by atoms with Crippen molar-refractivity contribution in [1.29, 1.82) is 0 Å². The minimum Gasteiger partial charge on any atom is -0.480 e. The molecule has 0 aliphatic rings. The molecule has 1 rings (SSSR count). The Labute approximate surface area is 111 Å². The van der Waals surface area contributed by atoms with Gasteiger partial charge in [0.1, 0.15) is 5.75 Å². The Morgan fingerprint density at radius 1 is 1.37 bits per heavy atom. The predicted molar refractivity (Wildman–Crippen MR) is 69.6 cm³/mol. The number of carbonyl (C=O) groups is 2. The first-order chi connectivity index (χ1) is 8.81. The number of carbonyl (C=O) groups excluding carboxylic acids is 2. The fraction of sp³-hybridized carbons (Fsp3) is 0.385. The molecule has 0 aliphatic carbocycles. The molecule has 1 aromatic carbocycles. The summed E-state index contributed by atoms with van der Waals surface area (Å²) in [6.45, 7) is 4.96. The maximum Gasteiger partial charge on any atom is 0.318 e. The van der Waals surface area contributed by atoms with Gasteiger partial charge in [-0.3, -0.25) is 10.1 Å². The number of nitrogens with two attached hydrogens (primary N) is 1. The summed E-state index contributed by atoms with van der Waals surface area (Å²) in [6, 6.07) is 4.35. The molecule has 0 aliphatic heterocycles. The Bertz CT molecular complexity index is 486. The quantitative estimate of drug-likeness (QED) is 0.756. The molecule has 0 heterocycles. The molecule has 4 N–H and O–H groups in total. The third-order valence-electron chi connectivity index (χ3n) is 2.54. The Hall–Kier alpha value is -2.08. The minimum absolute atomic E-state index is 0.405. The monoisotopic (exact) mass is 266 g/mol. The van der Waals surface area contributed by atoms with Crippen molar-refractivity contribution in [3.63, 3.8) is 0 Å². The molecule has 3 amide bonds. The summed E-state index contributed by atoms with van der Waals surface area (Å²) in [5.74, 6) is -0.229. The number of aliphatic hydroxyl groups excluding tert-OH is 1. The van der Waals surface area contributed by atoms with Crippen LogP contribution in [0, 0.1) is 6.92 Å². The zero-order valence-corrected chi connectivity index (χ0v) is 11.1. The van der Waals surface area contributed by atoms with Crippen LogP contribution in [0.2, 0.25) is 0 Å². The minimum atomic E-state index is -0.930. The van der Waals surface area contributed by atoms with Crippen molar-refractivity contribution in [3.05, 3.63) is 29.3 Å². The molecule has 0 bridgehead atoms. The number of imide groups is 1. The maximum atomic E-state index is 11.5. The lowest BCUT2D eigenvalue weighted by Gasteiger charge is -2.18. The van der Waals surface area contributed by atoms with Crippen LogP contribution in [0.4, 0.5) is 4.79 Å². The highest BCUT2D eigenvalue weighted by molar-refractivity contribution is 5.95. The first kappa shape index (κ1) is 15.0. The highest BCUT2D eigenvalue weighted by Crippen LogP contribution is 2.27. The zero-order chi connectivity index (χ0) is 14.6. The van der Waals surface area contributed by atoms with E-state index < -0.39 is 24.1 Å². The summed E-state index contributed by atoms with van der Waals surface area (Å²) < 4.78 is 5.47. The molecule has 104 valence electrons. The molecule has 1 unspecified atom stereocenters. The second-order valence-corrected chi connectivity index (χ2v) is 4.33. The predicted octanol–water partition coefficient (Wildman–Crippen LogP) is 1.01. The van der Waals surface area contributed by atoms with E-state index in [2.05, 4.69) is 0 Å². The number of hydrogen-bond acceptors (Lipinski definition) is 4. The summed E-state index contributed by atoms with van der Waals surface area (Å²) in [5.41, 5.74) is 6.37. The van der Waals surface area contributed by atoms with Crippen LogP contribution in [0.5, 0.6) is 5.75 Å². The van der Waals surface area contributed by atoms with Gasteiger partial charge in [-0.05, 0) is 32.4 Å². The van der Waals surface area contributed by atoms with Crippen LogP contribution in [-0.2, 0) is 4.79 Å².